The monoisotopic (exact) mass is 236 g/mol. The van der Waals surface area contributed by atoms with Gasteiger partial charge in [-0.3, -0.25) is 0 Å². The highest BCUT2D eigenvalue weighted by Crippen LogP contribution is 2.38. The van der Waals surface area contributed by atoms with Crippen LogP contribution in [0.1, 0.15) is 26.2 Å². The lowest BCUT2D eigenvalue weighted by atomic mass is 9.88. The molecule has 1 aliphatic carbocycles. The van der Waals surface area contributed by atoms with E-state index in [1.165, 1.54) is 6.92 Å². The second-order valence-corrected chi connectivity index (χ2v) is 6.62. The Labute approximate surface area is 89.0 Å². The van der Waals surface area contributed by atoms with Gasteiger partial charge in [0.2, 0.25) is 0 Å². The van der Waals surface area contributed by atoms with Crippen LogP contribution in [0.4, 0.5) is 0 Å². The van der Waals surface area contributed by atoms with E-state index in [1.54, 1.807) is 0 Å². The zero-order chi connectivity index (χ0) is 11.9. The van der Waals surface area contributed by atoms with Crippen LogP contribution in [-0.2, 0) is 14.6 Å². The SMILES string of the molecule is CC(O)(C(=O)O)C1CCCC1S(C)(=O)=O. The van der Waals surface area contributed by atoms with Gasteiger partial charge >= 0.3 is 5.97 Å². The molecule has 0 bridgehead atoms. The van der Waals surface area contributed by atoms with E-state index >= 15 is 0 Å². The smallest absolute Gasteiger partial charge is 0.335 e. The summed E-state index contributed by atoms with van der Waals surface area (Å²) in [5.74, 6) is -2.06. The van der Waals surface area contributed by atoms with Gasteiger partial charge in [0.15, 0.2) is 15.4 Å². The number of carboxylic acid groups (broad SMARTS) is 1. The summed E-state index contributed by atoms with van der Waals surface area (Å²) in [4.78, 5) is 10.8. The van der Waals surface area contributed by atoms with E-state index in [2.05, 4.69) is 0 Å². The number of sulfone groups is 1. The first-order chi connectivity index (χ1) is 6.67. The third-order valence-electron chi connectivity index (χ3n) is 3.16. The molecule has 5 nitrogen and oxygen atoms in total. The van der Waals surface area contributed by atoms with Crippen molar-refractivity contribution in [1.82, 2.24) is 0 Å². The van der Waals surface area contributed by atoms with Crippen molar-refractivity contribution in [3.63, 3.8) is 0 Å². The third kappa shape index (κ3) is 2.31. The van der Waals surface area contributed by atoms with E-state index in [0.29, 0.717) is 19.3 Å². The molecule has 1 fully saturated rings. The first-order valence-corrected chi connectivity index (χ1v) is 6.77. The quantitative estimate of drug-likeness (QED) is 0.721. The Kier molecular flexibility index (Phi) is 3.11. The first-order valence-electron chi connectivity index (χ1n) is 4.82. The fourth-order valence-electron chi connectivity index (χ4n) is 2.24. The van der Waals surface area contributed by atoms with Gasteiger partial charge in [0.05, 0.1) is 5.25 Å². The van der Waals surface area contributed by atoms with Gasteiger partial charge in [-0.2, -0.15) is 0 Å². The molecule has 0 aromatic carbocycles. The molecule has 6 heteroatoms. The number of rotatable bonds is 3. The van der Waals surface area contributed by atoms with Gasteiger partial charge in [-0.15, -0.1) is 0 Å². The second kappa shape index (κ2) is 3.75. The summed E-state index contributed by atoms with van der Waals surface area (Å²) in [7, 11) is -3.29. The Bertz CT molecular complexity index is 357. The number of carbonyl (C=O) groups is 1. The topological polar surface area (TPSA) is 91.7 Å². The number of carboxylic acids is 1. The molecule has 1 rings (SSSR count). The molecule has 0 radical (unpaired) electrons. The second-order valence-electron chi connectivity index (χ2n) is 4.36. The maximum atomic E-state index is 11.4. The van der Waals surface area contributed by atoms with Gasteiger partial charge < -0.3 is 10.2 Å². The van der Waals surface area contributed by atoms with Crippen molar-refractivity contribution in [2.75, 3.05) is 6.26 Å². The van der Waals surface area contributed by atoms with Crippen LogP contribution in [0.5, 0.6) is 0 Å². The molecular weight excluding hydrogens is 220 g/mol. The average molecular weight is 236 g/mol. The third-order valence-corrected chi connectivity index (χ3v) is 4.82. The van der Waals surface area contributed by atoms with Crippen molar-refractivity contribution >= 4 is 15.8 Å². The van der Waals surface area contributed by atoms with Crippen LogP contribution in [-0.4, -0.2) is 41.7 Å². The van der Waals surface area contributed by atoms with Crippen LogP contribution < -0.4 is 0 Å². The molecule has 0 heterocycles. The number of hydrogen-bond donors (Lipinski definition) is 2. The van der Waals surface area contributed by atoms with Gasteiger partial charge in [0.25, 0.3) is 0 Å². The van der Waals surface area contributed by atoms with Crippen LogP contribution in [0.2, 0.25) is 0 Å². The highest BCUT2D eigenvalue weighted by atomic mass is 32.2. The van der Waals surface area contributed by atoms with Crippen LogP contribution in [0.15, 0.2) is 0 Å². The Morgan fingerprint density at radius 3 is 2.33 bits per heavy atom. The Morgan fingerprint density at radius 2 is 1.93 bits per heavy atom. The molecule has 0 saturated heterocycles. The molecule has 0 aliphatic heterocycles. The van der Waals surface area contributed by atoms with Gasteiger partial charge in [-0.25, -0.2) is 13.2 Å². The van der Waals surface area contributed by atoms with E-state index in [0.717, 1.165) is 6.26 Å². The molecule has 0 aromatic heterocycles. The largest absolute Gasteiger partial charge is 0.479 e. The average Bonchev–Trinajstić information content (AvgIpc) is 2.49. The zero-order valence-corrected chi connectivity index (χ0v) is 9.62. The number of aliphatic hydroxyl groups is 1. The molecular formula is C9H16O5S. The van der Waals surface area contributed by atoms with Crippen molar-refractivity contribution < 1.29 is 23.4 Å². The van der Waals surface area contributed by atoms with Gasteiger partial charge in [-0.1, -0.05) is 6.42 Å². The maximum Gasteiger partial charge on any atom is 0.335 e. The Hall–Kier alpha value is -0.620. The standard InChI is InChI=1S/C9H16O5S/c1-9(12,8(10)11)6-4-3-5-7(6)15(2,13)14/h6-7,12H,3-5H2,1-2H3,(H,10,11). The van der Waals surface area contributed by atoms with E-state index < -0.39 is 32.6 Å². The molecule has 0 amide bonds. The lowest BCUT2D eigenvalue weighted by molar-refractivity contribution is -0.162. The lowest BCUT2D eigenvalue weighted by Crippen LogP contribution is -2.47. The fourth-order valence-corrected chi connectivity index (χ4v) is 3.83. The van der Waals surface area contributed by atoms with Crippen molar-refractivity contribution in [3.05, 3.63) is 0 Å². The lowest BCUT2D eigenvalue weighted by Gasteiger charge is -2.29. The molecule has 2 N–H and O–H groups in total. The molecule has 1 aliphatic rings. The molecule has 0 aromatic rings. The predicted molar refractivity (Wildman–Crippen MR) is 54.2 cm³/mol. The summed E-state index contributed by atoms with van der Waals surface area (Å²) in [5.41, 5.74) is -1.95. The molecule has 0 spiro atoms. The molecule has 1 saturated carbocycles. The molecule has 88 valence electrons. The van der Waals surface area contributed by atoms with Crippen molar-refractivity contribution in [3.8, 4) is 0 Å². The van der Waals surface area contributed by atoms with Gasteiger partial charge in [0, 0.05) is 12.2 Å². The highest BCUT2D eigenvalue weighted by molar-refractivity contribution is 7.91. The highest BCUT2D eigenvalue weighted by Gasteiger charge is 2.49. The van der Waals surface area contributed by atoms with Crippen LogP contribution in [0.25, 0.3) is 0 Å². The van der Waals surface area contributed by atoms with Crippen LogP contribution >= 0.6 is 0 Å². The fraction of sp³-hybridized carbons (Fsp3) is 0.889. The van der Waals surface area contributed by atoms with Gasteiger partial charge in [0.1, 0.15) is 0 Å². The summed E-state index contributed by atoms with van der Waals surface area (Å²) in [6.45, 7) is 1.17. The summed E-state index contributed by atoms with van der Waals surface area (Å²) < 4.78 is 22.8. The van der Waals surface area contributed by atoms with Crippen molar-refractivity contribution in [2.24, 2.45) is 5.92 Å². The maximum absolute atomic E-state index is 11.4. The zero-order valence-electron chi connectivity index (χ0n) is 8.80. The normalized spacial score (nSPS) is 31.1. The van der Waals surface area contributed by atoms with Gasteiger partial charge in [-0.05, 0) is 19.8 Å². The number of hydrogen-bond acceptors (Lipinski definition) is 4. The minimum atomic E-state index is -3.29. The van der Waals surface area contributed by atoms with E-state index in [4.69, 9.17) is 5.11 Å². The first kappa shape index (κ1) is 12.4. The minimum Gasteiger partial charge on any atom is -0.479 e. The molecule has 15 heavy (non-hydrogen) atoms. The van der Waals surface area contributed by atoms with E-state index in [9.17, 15) is 18.3 Å². The minimum absolute atomic E-state index is 0.437. The predicted octanol–water partition coefficient (Wildman–Crippen LogP) is 0.0353. The molecule has 3 atom stereocenters. The molecule has 3 unspecified atom stereocenters. The van der Waals surface area contributed by atoms with E-state index in [1.807, 2.05) is 0 Å². The summed E-state index contributed by atoms with van der Waals surface area (Å²) >= 11 is 0. The number of aliphatic carboxylic acids is 1. The van der Waals surface area contributed by atoms with Crippen molar-refractivity contribution in [2.45, 2.75) is 37.0 Å². The Balaban J connectivity index is 3.01. The summed E-state index contributed by atoms with van der Waals surface area (Å²) in [6, 6.07) is 0. The summed E-state index contributed by atoms with van der Waals surface area (Å²) in [5, 5.41) is 17.9. The van der Waals surface area contributed by atoms with Crippen LogP contribution in [0.3, 0.4) is 0 Å². The summed E-state index contributed by atoms with van der Waals surface area (Å²) in [6.07, 6.45) is 2.61. The van der Waals surface area contributed by atoms with E-state index in [-0.39, 0.29) is 0 Å². The van der Waals surface area contributed by atoms with Crippen molar-refractivity contribution in [1.29, 1.82) is 0 Å². The Morgan fingerprint density at radius 1 is 1.40 bits per heavy atom. The van der Waals surface area contributed by atoms with Crippen LogP contribution in [0, 0.1) is 5.92 Å².